The lowest BCUT2D eigenvalue weighted by atomic mass is 9.93. The van der Waals surface area contributed by atoms with Crippen LogP contribution < -0.4 is 11.4 Å². The molecular formula is C44H51N7O5S. The molecule has 4 aromatic carbocycles. The Bertz CT molecular complexity index is 2360. The van der Waals surface area contributed by atoms with Crippen molar-refractivity contribution in [3.8, 4) is 0 Å². The standard InChI is InChI=1S/C31H36N4O3.C13H15N3O2S/c1-32-28-16-8-9-17-29(28)35(30(32)36)27-18-20-34(31(37)38)26(21-27)15-10-19-33(22-24-11-4-2-5-12-24)23-25-13-6-3-7-14-25;17-12-14-10-3-1-2-4-11(10)16(12)9-5-7-15(8-6-9)13(18)19/h2-9,11-14,16-17,26-27H,10,15,18-23H2,1H3,(H,37,38);1-4,9H,5-8H2,(H,14,17)(H,18,19)/t26-,27?;/m0./s1. The van der Waals surface area contributed by atoms with E-state index in [1.54, 1.807) is 21.4 Å². The molecule has 0 spiro atoms. The van der Waals surface area contributed by atoms with Crippen LogP contribution in [0.5, 0.6) is 0 Å². The van der Waals surface area contributed by atoms with Crippen molar-refractivity contribution in [2.24, 2.45) is 7.05 Å². The molecule has 1 unspecified atom stereocenters. The molecule has 2 N–H and O–H groups in total. The summed E-state index contributed by atoms with van der Waals surface area (Å²) in [7, 11) is 1.80. The molecule has 4 heterocycles. The number of thiol groups is 1. The third-order valence-corrected chi connectivity index (χ3v) is 11.8. The van der Waals surface area contributed by atoms with Gasteiger partial charge in [0.15, 0.2) is 0 Å². The minimum absolute atomic E-state index is 0.0149. The molecule has 0 bridgehead atoms. The summed E-state index contributed by atoms with van der Waals surface area (Å²) in [4.78, 5) is 57.1. The van der Waals surface area contributed by atoms with Gasteiger partial charge in [0, 0.05) is 57.9 Å². The fourth-order valence-corrected chi connectivity index (χ4v) is 8.86. The smallest absolute Gasteiger partial charge is 0.407 e. The molecule has 6 aromatic rings. The zero-order valence-electron chi connectivity index (χ0n) is 32.3. The monoisotopic (exact) mass is 789 g/mol. The van der Waals surface area contributed by atoms with Gasteiger partial charge in [0.05, 0.1) is 22.1 Å². The lowest BCUT2D eigenvalue weighted by Crippen LogP contribution is -2.47. The minimum Gasteiger partial charge on any atom is -0.465 e. The molecule has 2 fully saturated rings. The van der Waals surface area contributed by atoms with Crippen LogP contribution in [0.4, 0.5) is 9.59 Å². The summed E-state index contributed by atoms with van der Waals surface area (Å²) in [6.45, 7) is 4.30. The van der Waals surface area contributed by atoms with Crippen molar-refractivity contribution >= 4 is 46.0 Å². The predicted molar refractivity (Wildman–Crippen MR) is 227 cm³/mol. The topological polar surface area (TPSA) is 129 Å². The van der Waals surface area contributed by atoms with Crippen molar-refractivity contribution < 1.29 is 14.7 Å². The Hall–Kier alpha value is -5.53. The van der Waals surface area contributed by atoms with Gasteiger partial charge in [-0.05, 0) is 80.5 Å². The van der Waals surface area contributed by atoms with Crippen molar-refractivity contribution in [1.29, 1.82) is 0 Å². The van der Waals surface area contributed by atoms with E-state index < -0.39 is 6.09 Å². The summed E-state index contributed by atoms with van der Waals surface area (Å²) in [6.07, 6.45) is 3.64. The van der Waals surface area contributed by atoms with Gasteiger partial charge in [-0.3, -0.25) is 23.4 Å². The van der Waals surface area contributed by atoms with Crippen LogP contribution in [0.2, 0.25) is 0 Å². The van der Waals surface area contributed by atoms with Crippen LogP contribution in [0, 0.1) is 0 Å². The SMILES string of the molecule is Cn1c(=O)n(C2CCN(C(=O)O)[C@@H](CCCN(Cc3ccccc3)Cc3ccccc3)C2)c2ccccc21.O=C(S)N1CCC(n2c(=O)[nH]c3ccccc32)CC1. The maximum atomic E-state index is 13.1. The van der Waals surface area contributed by atoms with Crippen molar-refractivity contribution in [3.05, 3.63) is 141 Å². The van der Waals surface area contributed by atoms with Gasteiger partial charge in [0.25, 0.3) is 5.24 Å². The van der Waals surface area contributed by atoms with Crippen molar-refractivity contribution in [2.75, 3.05) is 26.2 Å². The highest BCUT2D eigenvalue weighted by Crippen LogP contribution is 2.32. The molecule has 2 atom stereocenters. The summed E-state index contributed by atoms with van der Waals surface area (Å²) in [5, 5.41) is 9.75. The number of piperidine rings is 2. The molecular weight excluding hydrogens is 739 g/mol. The summed E-state index contributed by atoms with van der Waals surface area (Å²) in [5.41, 5.74) is 6.06. The zero-order valence-corrected chi connectivity index (χ0v) is 33.2. The maximum absolute atomic E-state index is 13.1. The van der Waals surface area contributed by atoms with Gasteiger partial charge in [-0.1, -0.05) is 97.6 Å². The number of imidazole rings is 2. The van der Waals surface area contributed by atoms with E-state index in [2.05, 4.69) is 71.0 Å². The van der Waals surface area contributed by atoms with Crippen LogP contribution in [-0.4, -0.2) is 82.0 Å². The summed E-state index contributed by atoms with van der Waals surface area (Å²) in [5.74, 6) is 0. The third-order valence-electron chi connectivity index (χ3n) is 11.5. The number of para-hydroxylation sites is 4. The number of likely N-dealkylation sites (tertiary alicyclic amines) is 2. The Morgan fingerprint density at radius 2 is 1.30 bits per heavy atom. The van der Waals surface area contributed by atoms with Gasteiger partial charge in [-0.15, -0.1) is 0 Å². The Kier molecular flexibility index (Phi) is 12.6. The lowest BCUT2D eigenvalue weighted by molar-refractivity contribution is 0.0852. The second kappa shape index (κ2) is 18.2. The molecule has 0 radical (unpaired) electrons. The number of carbonyl (C=O) groups is 2. The van der Waals surface area contributed by atoms with E-state index in [1.165, 1.54) is 11.1 Å². The fraction of sp³-hybridized carbons (Fsp3) is 0.364. The van der Waals surface area contributed by atoms with Crippen LogP contribution in [-0.2, 0) is 20.1 Å². The van der Waals surface area contributed by atoms with E-state index in [9.17, 15) is 24.3 Å². The van der Waals surface area contributed by atoms with Gasteiger partial charge in [-0.2, -0.15) is 0 Å². The molecule has 57 heavy (non-hydrogen) atoms. The van der Waals surface area contributed by atoms with Gasteiger partial charge < -0.3 is 19.9 Å². The van der Waals surface area contributed by atoms with E-state index in [-0.39, 0.29) is 34.7 Å². The first kappa shape index (κ1) is 39.7. The van der Waals surface area contributed by atoms with E-state index in [1.807, 2.05) is 69.8 Å². The number of nitrogens with one attached hydrogen (secondary N) is 1. The second-order valence-electron chi connectivity index (χ2n) is 15.2. The number of benzene rings is 4. The van der Waals surface area contributed by atoms with Crippen LogP contribution >= 0.6 is 12.6 Å². The number of aryl methyl sites for hydroxylation is 1. The molecule has 2 amide bonds. The molecule has 2 aliphatic heterocycles. The van der Waals surface area contributed by atoms with E-state index in [0.29, 0.717) is 32.5 Å². The van der Waals surface area contributed by atoms with Crippen molar-refractivity contribution in [1.82, 2.24) is 33.4 Å². The minimum atomic E-state index is -0.871. The molecule has 12 nitrogen and oxygen atoms in total. The summed E-state index contributed by atoms with van der Waals surface area (Å²) < 4.78 is 5.40. The van der Waals surface area contributed by atoms with Gasteiger partial charge in [0.2, 0.25) is 0 Å². The Balaban J connectivity index is 0.000000218. The van der Waals surface area contributed by atoms with E-state index in [4.69, 9.17) is 0 Å². The van der Waals surface area contributed by atoms with Gasteiger partial charge in [0.1, 0.15) is 0 Å². The van der Waals surface area contributed by atoms with Gasteiger partial charge >= 0.3 is 17.5 Å². The largest absolute Gasteiger partial charge is 0.465 e. The summed E-state index contributed by atoms with van der Waals surface area (Å²) >= 11 is 3.84. The highest BCUT2D eigenvalue weighted by Gasteiger charge is 2.34. The first-order valence-electron chi connectivity index (χ1n) is 19.8. The quantitative estimate of drug-likeness (QED) is 0.123. The van der Waals surface area contributed by atoms with Gasteiger partial charge in [-0.25, -0.2) is 14.4 Å². The normalized spacial score (nSPS) is 17.5. The molecule has 8 rings (SSSR count). The Morgan fingerprint density at radius 1 is 0.737 bits per heavy atom. The number of carbonyl (C=O) groups excluding carboxylic acids is 1. The number of aromatic nitrogens is 4. The van der Waals surface area contributed by atoms with Crippen LogP contribution in [0.1, 0.15) is 61.7 Å². The lowest BCUT2D eigenvalue weighted by Gasteiger charge is -2.38. The highest BCUT2D eigenvalue weighted by atomic mass is 32.1. The number of hydrogen-bond acceptors (Lipinski definition) is 5. The van der Waals surface area contributed by atoms with Crippen molar-refractivity contribution in [2.45, 2.75) is 69.7 Å². The number of H-pyrrole nitrogens is 1. The van der Waals surface area contributed by atoms with E-state index in [0.717, 1.165) is 67.4 Å². The zero-order chi connectivity index (χ0) is 39.9. The fourth-order valence-electron chi connectivity index (χ4n) is 8.66. The molecule has 0 saturated carbocycles. The van der Waals surface area contributed by atoms with Crippen LogP contribution in [0.3, 0.4) is 0 Å². The molecule has 2 aromatic heterocycles. The number of aromatic amines is 1. The number of carboxylic acid groups (broad SMARTS) is 1. The van der Waals surface area contributed by atoms with Crippen LogP contribution in [0.25, 0.3) is 22.1 Å². The number of fused-ring (bicyclic) bond motifs is 2. The average molecular weight is 790 g/mol. The predicted octanol–water partition coefficient (Wildman–Crippen LogP) is 7.52. The molecule has 13 heteroatoms. The maximum Gasteiger partial charge on any atom is 0.407 e. The summed E-state index contributed by atoms with van der Waals surface area (Å²) in [6, 6.07) is 36.5. The number of amides is 2. The average Bonchev–Trinajstić information content (AvgIpc) is 3.70. The number of hydrogen-bond donors (Lipinski definition) is 3. The highest BCUT2D eigenvalue weighted by molar-refractivity contribution is 7.96. The van der Waals surface area contributed by atoms with Crippen molar-refractivity contribution in [3.63, 3.8) is 0 Å². The Labute approximate surface area is 337 Å². The molecule has 298 valence electrons. The number of nitrogens with zero attached hydrogens (tertiary/aromatic N) is 6. The molecule has 0 aliphatic carbocycles. The van der Waals surface area contributed by atoms with Crippen LogP contribution in [0.15, 0.2) is 119 Å². The second-order valence-corrected chi connectivity index (χ2v) is 15.5. The first-order chi connectivity index (χ1) is 27.7. The first-order valence-corrected chi connectivity index (χ1v) is 20.3. The Morgan fingerprint density at radius 3 is 1.91 bits per heavy atom. The molecule has 2 aliphatic rings. The van der Waals surface area contributed by atoms with E-state index >= 15 is 0 Å². The number of rotatable bonds is 10. The molecule has 2 saturated heterocycles. The third kappa shape index (κ3) is 9.21.